The number of nitrogens with one attached hydrogen (secondary N) is 1. The number of aromatic nitrogens is 1. The van der Waals surface area contributed by atoms with Gasteiger partial charge in [-0.05, 0) is 24.9 Å². The summed E-state index contributed by atoms with van der Waals surface area (Å²) in [5, 5.41) is 8.87. The molecular formula is C12H16N2S2. The molecule has 0 aliphatic heterocycles. The van der Waals surface area contributed by atoms with Crippen molar-refractivity contribution in [1.29, 1.82) is 0 Å². The number of thiophene rings is 1. The lowest BCUT2D eigenvalue weighted by atomic mass is 10.2. The molecule has 2 aromatic rings. The van der Waals surface area contributed by atoms with Crippen LogP contribution < -0.4 is 5.32 Å². The summed E-state index contributed by atoms with van der Waals surface area (Å²) < 4.78 is 0. The van der Waals surface area contributed by atoms with Crippen LogP contribution in [0.15, 0.2) is 22.9 Å². The molecule has 1 unspecified atom stereocenters. The number of nitrogens with zero attached hydrogens (tertiary/aromatic N) is 1. The van der Waals surface area contributed by atoms with E-state index < -0.39 is 0 Å². The van der Waals surface area contributed by atoms with Gasteiger partial charge in [0.05, 0.1) is 10.7 Å². The second-order valence-corrected chi connectivity index (χ2v) is 5.68. The molecule has 16 heavy (non-hydrogen) atoms. The highest BCUT2D eigenvalue weighted by Crippen LogP contribution is 2.21. The first-order chi connectivity index (χ1) is 7.79. The van der Waals surface area contributed by atoms with Crippen molar-refractivity contribution in [3.63, 3.8) is 0 Å². The maximum absolute atomic E-state index is 4.67. The van der Waals surface area contributed by atoms with E-state index in [0.29, 0.717) is 6.04 Å². The summed E-state index contributed by atoms with van der Waals surface area (Å²) in [5.74, 6) is 0. The third kappa shape index (κ3) is 2.90. The van der Waals surface area contributed by atoms with Crippen molar-refractivity contribution < 1.29 is 0 Å². The molecule has 2 heterocycles. The molecule has 2 aromatic heterocycles. The minimum Gasteiger partial charge on any atom is -0.309 e. The fourth-order valence-corrected chi connectivity index (χ4v) is 3.29. The first kappa shape index (κ1) is 11.8. The highest BCUT2D eigenvalue weighted by molar-refractivity contribution is 7.11. The highest BCUT2D eigenvalue weighted by Gasteiger charge is 2.09. The molecular weight excluding hydrogens is 236 g/mol. The molecule has 0 saturated heterocycles. The molecule has 1 N–H and O–H groups in total. The maximum Gasteiger partial charge on any atom is 0.0981 e. The molecule has 0 fully saturated rings. The van der Waals surface area contributed by atoms with Crippen molar-refractivity contribution in [2.45, 2.75) is 26.3 Å². The second-order valence-electron chi connectivity index (χ2n) is 3.70. The SMILES string of the molecule is CCNC(C)c1csc(Cc2cccs2)n1. The Morgan fingerprint density at radius 2 is 2.31 bits per heavy atom. The average molecular weight is 252 g/mol. The molecule has 2 rings (SSSR count). The molecule has 0 aromatic carbocycles. The van der Waals surface area contributed by atoms with Crippen molar-refractivity contribution in [2.24, 2.45) is 0 Å². The van der Waals surface area contributed by atoms with E-state index in [1.54, 1.807) is 22.7 Å². The van der Waals surface area contributed by atoms with Gasteiger partial charge in [-0.2, -0.15) is 0 Å². The third-order valence-corrected chi connectivity index (χ3v) is 4.17. The molecule has 0 spiro atoms. The Labute approximate surface area is 104 Å². The quantitative estimate of drug-likeness (QED) is 0.881. The number of hydrogen-bond acceptors (Lipinski definition) is 4. The van der Waals surface area contributed by atoms with E-state index in [0.717, 1.165) is 13.0 Å². The van der Waals surface area contributed by atoms with Crippen molar-refractivity contribution in [3.05, 3.63) is 38.5 Å². The molecule has 0 radical (unpaired) electrons. The predicted molar refractivity (Wildman–Crippen MR) is 71.3 cm³/mol. The highest BCUT2D eigenvalue weighted by atomic mass is 32.1. The molecule has 0 aliphatic rings. The minimum atomic E-state index is 0.360. The first-order valence-corrected chi connectivity index (χ1v) is 7.25. The van der Waals surface area contributed by atoms with Crippen LogP contribution in [0.4, 0.5) is 0 Å². The van der Waals surface area contributed by atoms with Crippen LogP contribution in [0.25, 0.3) is 0 Å². The summed E-state index contributed by atoms with van der Waals surface area (Å²) >= 11 is 3.55. The Hall–Kier alpha value is -0.710. The van der Waals surface area contributed by atoms with Crippen molar-refractivity contribution in [1.82, 2.24) is 10.3 Å². The largest absolute Gasteiger partial charge is 0.309 e. The standard InChI is InChI=1S/C12H16N2S2/c1-3-13-9(2)11-8-16-12(14-11)7-10-5-4-6-15-10/h4-6,8-9,13H,3,7H2,1-2H3. The van der Waals surface area contributed by atoms with E-state index in [1.807, 2.05) is 0 Å². The number of thiazole rings is 1. The van der Waals surface area contributed by atoms with Gasteiger partial charge in [-0.15, -0.1) is 22.7 Å². The lowest BCUT2D eigenvalue weighted by Crippen LogP contribution is -2.17. The number of rotatable bonds is 5. The van der Waals surface area contributed by atoms with Crippen LogP contribution in [0.2, 0.25) is 0 Å². The summed E-state index contributed by atoms with van der Waals surface area (Å²) in [7, 11) is 0. The molecule has 2 nitrogen and oxygen atoms in total. The van der Waals surface area contributed by atoms with Gasteiger partial charge in [0.25, 0.3) is 0 Å². The van der Waals surface area contributed by atoms with Crippen LogP contribution in [-0.2, 0) is 6.42 Å². The van der Waals surface area contributed by atoms with Gasteiger partial charge in [-0.3, -0.25) is 0 Å². The van der Waals surface area contributed by atoms with Crippen LogP contribution >= 0.6 is 22.7 Å². The van der Waals surface area contributed by atoms with Gasteiger partial charge in [0.2, 0.25) is 0 Å². The van der Waals surface area contributed by atoms with Crippen LogP contribution in [0.3, 0.4) is 0 Å². The van der Waals surface area contributed by atoms with Crippen molar-refractivity contribution in [2.75, 3.05) is 6.54 Å². The molecule has 1 atom stereocenters. The van der Waals surface area contributed by atoms with Crippen molar-refractivity contribution >= 4 is 22.7 Å². The third-order valence-electron chi connectivity index (χ3n) is 2.43. The van der Waals surface area contributed by atoms with E-state index in [-0.39, 0.29) is 0 Å². The van der Waals surface area contributed by atoms with E-state index >= 15 is 0 Å². The monoisotopic (exact) mass is 252 g/mol. The summed E-state index contributed by atoms with van der Waals surface area (Å²) in [4.78, 5) is 6.05. The maximum atomic E-state index is 4.67. The van der Waals surface area contributed by atoms with Gasteiger partial charge in [0.1, 0.15) is 0 Å². The predicted octanol–water partition coefficient (Wildman–Crippen LogP) is 3.47. The Morgan fingerprint density at radius 1 is 1.44 bits per heavy atom. The van der Waals surface area contributed by atoms with Crippen LogP contribution in [0.5, 0.6) is 0 Å². The van der Waals surface area contributed by atoms with Gasteiger partial charge in [-0.25, -0.2) is 4.98 Å². The Bertz CT molecular complexity index is 420. The van der Waals surface area contributed by atoms with Crippen LogP contribution in [0.1, 0.15) is 35.5 Å². The van der Waals surface area contributed by atoms with Gasteiger partial charge >= 0.3 is 0 Å². The topological polar surface area (TPSA) is 24.9 Å². The number of hydrogen-bond donors (Lipinski definition) is 1. The lowest BCUT2D eigenvalue weighted by molar-refractivity contribution is 0.585. The zero-order valence-electron chi connectivity index (χ0n) is 9.56. The molecule has 4 heteroatoms. The molecule has 0 amide bonds. The fraction of sp³-hybridized carbons (Fsp3) is 0.417. The summed E-state index contributed by atoms with van der Waals surface area (Å²) in [6.45, 7) is 5.27. The molecule has 86 valence electrons. The minimum absolute atomic E-state index is 0.360. The molecule has 0 aliphatic carbocycles. The first-order valence-electron chi connectivity index (χ1n) is 5.49. The van der Waals surface area contributed by atoms with Gasteiger partial charge in [-0.1, -0.05) is 13.0 Å². The van der Waals surface area contributed by atoms with Gasteiger partial charge in [0, 0.05) is 22.7 Å². The Kier molecular flexibility index (Phi) is 4.09. The smallest absolute Gasteiger partial charge is 0.0981 e. The second kappa shape index (κ2) is 5.57. The van der Waals surface area contributed by atoms with E-state index in [1.165, 1.54) is 15.6 Å². The zero-order valence-corrected chi connectivity index (χ0v) is 11.2. The van der Waals surface area contributed by atoms with Crippen LogP contribution in [-0.4, -0.2) is 11.5 Å². The van der Waals surface area contributed by atoms with Gasteiger partial charge in [0.15, 0.2) is 0 Å². The Morgan fingerprint density at radius 3 is 3.00 bits per heavy atom. The van der Waals surface area contributed by atoms with E-state index in [2.05, 4.69) is 47.0 Å². The van der Waals surface area contributed by atoms with Crippen LogP contribution in [0, 0.1) is 0 Å². The molecule has 0 saturated carbocycles. The van der Waals surface area contributed by atoms with Gasteiger partial charge < -0.3 is 5.32 Å². The van der Waals surface area contributed by atoms with E-state index in [9.17, 15) is 0 Å². The fourth-order valence-electron chi connectivity index (χ4n) is 1.58. The lowest BCUT2D eigenvalue weighted by Gasteiger charge is -2.08. The zero-order chi connectivity index (χ0) is 11.4. The van der Waals surface area contributed by atoms with Crippen molar-refractivity contribution in [3.8, 4) is 0 Å². The Balaban J connectivity index is 2.02. The molecule has 0 bridgehead atoms. The van der Waals surface area contributed by atoms with E-state index in [4.69, 9.17) is 0 Å². The normalized spacial score (nSPS) is 12.9. The average Bonchev–Trinajstić information content (AvgIpc) is 2.90. The summed E-state index contributed by atoms with van der Waals surface area (Å²) in [5.41, 5.74) is 1.17. The summed E-state index contributed by atoms with van der Waals surface area (Å²) in [6.07, 6.45) is 0.973. The summed E-state index contributed by atoms with van der Waals surface area (Å²) in [6, 6.07) is 4.62.